The van der Waals surface area contributed by atoms with Crippen molar-refractivity contribution in [3.63, 3.8) is 0 Å². The second kappa shape index (κ2) is 8.03. The van der Waals surface area contributed by atoms with Crippen LogP contribution in [0.15, 0.2) is 41.8 Å². The molecule has 7 heteroatoms. The van der Waals surface area contributed by atoms with E-state index in [-0.39, 0.29) is 24.9 Å². The summed E-state index contributed by atoms with van der Waals surface area (Å²) in [6.07, 6.45) is 0.743. The zero-order valence-corrected chi connectivity index (χ0v) is 14.5. The third kappa shape index (κ3) is 4.62. The second-order valence-electron chi connectivity index (χ2n) is 5.09. The number of fused-ring (bicyclic) bond motifs is 1. The first-order valence-electron chi connectivity index (χ1n) is 7.50. The molecule has 5 nitrogen and oxygen atoms in total. The molecular formula is C17H16N2O3S2. The predicted molar refractivity (Wildman–Crippen MR) is 95.1 cm³/mol. The smallest absolute Gasteiger partial charge is 0.306 e. The van der Waals surface area contributed by atoms with Crippen molar-refractivity contribution in [2.75, 3.05) is 6.61 Å². The molecule has 0 atom stereocenters. The normalized spacial score (nSPS) is 10.7. The Balaban J connectivity index is 1.38. The minimum Gasteiger partial charge on any atom is -0.456 e. The van der Waals surface area contributed by atoms with Crippen molar-refractivity contribution in [1.82, 2.24) is 10.3 Å². The highest BCUT2D eigenvalue weighted by Crippen LogP contribution is 2.22. The number of nitrogens with zero attached hydrogens (tertiary/aromatic N) is 1. The quantitative estimate of drug-likeness (QED) is 0.657. The number of aromatic nitrogens is 1. The monoisotopic (exact) mass is 360 g/mol. The van der Waals surface area contributed by atoms with Crippen LogP contribution in [0, 0.1) is 0 Å². The number of ether oxygens (including phenoxy) is 1. The Kier molecular flexibility index (Phi) is 5.55. The Labute approximate surface area is 147 Å². The molecule has 0 saturated heterocycles. The number of rotatable bonds is 7. The van der Waals surface area contributed by atoms with Crippen molar-refractivity contribution in [2.24, 2.45) is 0 Å². The van der Waals surface area contributed by atoms with Crippen LogP contribution in [0.5, 0.6) is 0 Å². The lowest BCUT2D eigenvalue weighted by molar-refractivity contribution is -0.148. The van der Waals surface area contributed by atoms with Gasteiger partial charge in [0, 0.05) is 11.3 Å². The van der Waals surface area contributed by atoms with E-state index in [9.17, 15) is 9.59 Å². The molecule has 2 aromatic heterocycles. The number of para-hydroxylation sites is 1. The van der Waals surface area contributed by atoms with E-state index in [0.717, 1.165) is 20.1 Å². The number of hydrogen-bond donors (Lipinski definition) is 1. The molecular weight excluding hydrogens is 344 g/mol. The van der Waals surface area contributed by atoms with Crippen LogP contribution in [-0.4, -0.2) is 23.5 Å². The number of thiophene rings is 1. The minimum atomic E-state index is -0.388. The summed E-state index contributed by atoms with van der Waals surface area (Å²) in [6.45, 7) is 0.212. The summed E-state index contributed by atoms with van der Waals surface area (Å²) in [7, 11) is 0. The Morgan fingerprint density at radius 2 is 2.04 bits per heavy atom. The van der Waals surface area contributed by atoms with Crippen LogP contribution in [0.2, 0.25) is 0 Å². The van der Waals surface area contributed by atoms with Gasteiger partial charge >= 0.3 is 5.97 Å². The number of carbonyl (C=O) groups excluding carboxylic acids is 2. The zero-order valence-electron chi connectivity index (χ0n) is 12.9. The number of amides is 1. The van der Waals surface area contributed by atoms with Crippen molar-refractivity contribution in [2.45, 2.75) is 19.4 Å². The zero-order chi connectivity index (χ0) is 16.8. The van der Waals surface area contributed by atoms with Gasteiger partial charge in [0.2, 0.25) is 0 Å². The summed E-state index contributed by atoms with van der Waals surface area (Å²) >= 11 is 3.14. The molecule has 0 spiro atoms. The Morgan fingerprint density at radius 3 is 2.83 bits per heavy atom. The summed E-state index contributed by atoms with van der Waals surface area (Å²) in [4.78, 5) is 28.9. The molecule has 0 bridgehead atoms. The SMILES string of the molecule is O=C(COC(=O)CCc1nc2ccccc2s1)NCc1cccs1. The van der Waals surface area contributed by atoms with Gasteiger partial charge in [0.15, 0.2) is 6.61 Å². The van der Waals surface area contributed by atoms with Crippen LogP contribution >= 0.6 is 22.7 Å². The highest BCUT2D eigenvalue weighted by Gasteiger charge is 2.10. The number of nitrogens with one attached hydrogen (secondary N) is 1. The number of hydrogen-bond acceptors (Lipinski definition) is 6. The van der Waals surface area contributed by atoms with Crippen molar-refractivity contribution in [3.05, 3.63) is 51.7 Å². The summed E-state index contributed by atoms with van der Waals surface area (Å²) in [5, 5.41) is 5.56. The molecule has 1 amide bonds. The third-order valence-corrected chi connectivity index (χ3v) is 5.26. The van der Waals surface area contributed by atoms with E-state index in [1.807, 2.05) is 41.8 Å². The van der Waals surface area contributed by atoms with Crippen molar-refractivity contribution in [3.8, 4) is 0 Å². The lowest BCUT2D eigenvalue weighted by Crippen LogP contribution is -2.28. The van der Waals surface area contributed by atoms with Crippen molar-refractivity contribution < 1.29 is 14.3 Å². The van der Waals surface area contributed by atoms with Crippen molar-refractivity contribution in [1.29, 1.82) is 0 Å². The molecule has 0 radical (unpaired) electrons. The van der Waals surface area contributed by atoms with E-state index < -0.39 is 0 Å². The first-order valence-corrected chi connectivity index (χ1v) is 9.19. The maximum atomic E-state index is 11.7. The molecule has 2 heterocycles. The number of aryl methyl sites for hydroxylation is 1. The molecule has 0 fully saturated rings. The lowest BCUT2D eigenvalue weighted by Gasteiger charge is -2.05. The molecule has 0 aliphatic rings. The number of thiazole rings is 1. The van der Waals surface area contributed by atoms with Crippen LogP contribution in [0.1, 0.15) is 16.3 Å². The van der Waals surface area contributed by atoms with Crippen LogP contribution in [0.3, 0.4) is 0 Å². The Hall–Kier alpha value is -2.25. The molecule has 0 aliphatic heterocycles. The molecule has 24 heavy (non-hydrogen) atoms. The highest BCUT2D eigenvalue weighted by molar-refractivity contribution is 7.18. The maximum absolute atomic E-state index is 11.7. The van der Waals surface area contributed by atoms with Gasteiger partial charge in [-0.15, -0.1) is 22.7 Å². The van der Waals surface area contributed by atoms with Crippen LogP contribution in [-0.2, 0) is 27.3 Å². The van der Waals surface area contributed by atoms with Crippen molar-refractivity contribution >= 4 is 44.8 Å². The van der Waals surface area contributed by atoms with Crippen LogP contribution in [0.25, 0.3) is 10.2 Å². The summed E-state index contributed by atoms with van der Waals surface area (Å²) in [5.74, 6) is -0.683. The molecule has 1 aromatic carbocycles. The van der Waals surface area contributed by atoms with Gasteiger partial charge in [-0.05, 0) is 23.6 Å². The van der Waals surface area contributed by atoms with Gasteiger partial charge in [-0.25, -0.2) is 4.98 Å². The number of carbonyl (C=O) groups is 2. The van der Waals surface area contributed by atoms with Gasteiger partial charge < -0.3 is 10.1 Å². The fourth-order valence-corrected chi connectivity index (χ4v) is 3.72. The van der Waals surface area contributed by atoms with E-state index in [1.165, 1.54) is 0 Å². The van der Waals surface area contributed by atoms with Gasteiger partial charge in [0.05, 0.1) is 28.2 Å². The average molecular weight is 360 g/mol. The van der Waals surface area contributed by atoms with E-state index in [2.05, 4.69) is 10.3 Å². The number of benzene rings is 1. The standard InChI is InChI=1S/C17H16N2O3S2/c20-15(18-10-12-4-3-9-23-12)11-22-17(21)8-7-16-19-13-5-1-2-6-14(13)24-16/h1-6,9H,7-8,10-11H2,(H,18,20). The van der Waals surface area contributed by atoms with E-state index in [1.54, 1.807) is 22.7 Å². The average Bonchev–Trinajstić information content (AvgIpc) is 3.25. The first kappa shape index (κ1) is 16.6. The Bertz CT molecular complexity index is 794. The fourth-order valence-electron chi connectivity index (χ4n) is 2.10. The molecule has 1 N–H and O–H groups in total. The first-order chi connectivity index (χ1) is 11.7. The largest absolute Gasteiger partial charge is 0.456 e. The molecule has 0 aliphatic carbocycles. The highest BCUT2D eigenvalue weighted by atomic mass is 32.1. The van der Waals surface area contributed by atoms with Gasteiger partial charge in [-0.3, -0.25) is 9.59 Å². The van der Waals surface area contributed by atoms with Crippen LogP contribution < -0.4 is 5.32 Å². The van der Waals surface area contributed by atoms with Gasteiger partial charge in [0.1, 0.15) is 0 Å². The topological polar surface area (TPSA) is 68.3 Å². The third-order valence-electron chi connectivity index (χ3n) is 3.29. The predicted octanol–water partition coefficient (Wildman–Crippen LogP) is 3.15. The van der Waals surface area contributed by atoms with E-state index in [0.29, 0.717) is 13.0 Å². The molecule has 3 aromatic rings. The van der Waals surface area contributed by atoms with Gasteiger partial charge in [0.25, 0.3) is 5.91 Å². The number of esters is 1. The van der Waals surface area contributed by atoms with Gasteiger partial charge in [-0.2, -0.15) is 0 Å². The van der Waals surface area contributed by atoms with E-state index >= 15 is 0 Å². The van der Waals surface area contributed by atoms with Gasteiger partial charge in [-0.1, -0.05) is 18.2 Å². The molecule has 124 valence electrons. The summed E-state index contributed by atoms with van der Waals surface area (Å²) in [5.41, 5.74) is 0.943. The lowest BCUT2D eigenvalue weighted by atomic mass is 10.3. The summed E-state index contributed by atoms with van der Waals surface area (Å²) in [6, 6.07) is 11.7. The van der Waals surface area contributed by atoms with E-state index in [4.69, 9.17) is 4.74 Å². The second-order valence-corrected chi connectivity index (χ2v) is 7.24. The molecule has 0 saturated carbocycles. The van der Waals surface area contributed by atoms with Crippen LogP contribution in [0.4, 0.5) is 0 Å². The minimum absolute atomic E-state index is 0.220. The summed E-state index contributed by atoms with van der Waals surface area (Å²) < 4.78 is 6.10. The fraction of sp³-hybridized carbons (Fsp3) is 0.235. The molecule has 3 rings (SSSR count). The Morgan fingerprint density at radius 1 is 1.17 bits per heavy atom. The maximum Gasteiger partial charge on any atom is 0.306 e. The molecule has 0 unspecified atom stereocenters.